The van der Waals surface area contributed by atoms with Crippen molar-refractivity contribution in [3.05, 3.63) is 64.8 Å². The van der Waals surface area contributed by atoms with Crippen molar-refractivity contribution in [1.82, 2.24) is 15.2 Å². The van der Waals surface area contributed by atoms with Gasteiger partial charge in [-0.15, -0.1) is 0 Å². The molecule has 34 heavy (non-hydrogen) atoms. The van der Waals surface area contributed by atoms with E-state index in [0.29, 0.717) is 25.8 Å². The maximum absolute atomic E-state index is 12.6. The van der Waals surface area contributed by atoms with Crippen molar-refractivity contribution < 1.29 is 14.4 Å². The molecule has 1 aliphatic carbocycles. The van der Waals surface area contributed by atoms with Gasteiger partial charge in [-0.3, -0.25) is 19.9 Å². The summed E-state index contributed by atoms with van der Waals surface area (Å²) in [7, 11) is 1.69. The molecule has 3 aliphatic heterocycles. The number of nitrogens with one attached hydrogen (secondary N) is 2. The average molecular weight is 454 g/mol. The molecular formula is C26H23N5O3. The molecule has 1 saturated heterocycles. The van der Waals surface area contributed by atoms with Crippen LogP contribution in [-0.2, 0) is 29.0 Å². The highest BCUT2D eigenvalue weighted by Gasteiger charge is 2.54. The molecule has 1 aromatic heterocycles. The molecule has 170 valence electrons. The Balaban J connectivity index is 1.20. The third-order valence-electron chi connectivity index (χ3n) is 7.96. The van der Waals surface area contributed by atoms with E-state index in [1.807, 2.05) is 12.1 Å². The number of rotatable bonds is 2. The van der Waals surface area contributed by atoms with Gasteiger partial charge in [-0.1, -0.05) is 12.1 Å². The Labute approximate surface area is 195 Å². The maximum Gasteiger partial charge on any atom is 0.324 e. The van der Waals surface area contributed by atoms with Crippen molar-refractivity contribution in [1.29, 1.82) is 0 Å². The summed E-state index contributed by atoms with van der Waals surface area (Å²) < 4.78 is 0. The number of hydrogen-bond acceptors (Lipinski definition) is 5. The molecule has 2 unspecified atom stereocenters. The molecule has 8 nitrogen and oxygen atoms in total. The molecule has 1 spiro atoms. The summed E-state index contributed by atoms with van der Waals surface area (Å²) in [6.07, 6.45) is 1.54. The van der Waals surface area contributed by atoms with Crippen LogP contribution in [0.3, 0.4) is 0 Å². The van der Waals surface area contributed by atoms with Crippen LogP contribution in [0, 0.1) is 0 Å². The van der Waals surface area contributed by atoms with Gasteiger partial charge in [0.2, 0.25) is 5.91 Å². The standard InChI is InChI=1S/C26H23N5O3/c1-30-25(34)29-24(33)26(30)10-15-7-14-5-6-18(27-20(14)8-16(15)11-26)13-31-12-17-9-22(32)28-19-3-2-4-21(31)23(17)19/h2-8,17H,9-13H2,1H3,(H,28,32)(H,29,33,34). The summed E-state index contributed by atoms with van der Waals surface area (Å²) in [6, 6.07) is 14.1. The van der Waals surface area contributed by atoms with Crippen LogP contribution in [-0.4, -0.2) is 46.9 Å². The predicted molar refractivity (Wildman–Crippen MR) is 127 cm³/mol. The van der Waals surface area contributed by atoms with Crippen LogP contribution in [0.4, 0.5) is 16.2 Å². The van der Waals surface area contributed by atoms with Crippen molar-refractivity contribution >= 4 is 40.1 Å². The zero-order chi connectivity index (χ0) is 23.2. The lowest BCUT2D eigenvalue weighted by Gasteiger charge is -2.27. The zero-order valence-corrected chi connectivity index (χ0v) is 18.7. The number of benzene rings is 2. The van der Waals surface area contributed by atoms with Gasteiger partial charge < -0.3 is 15.1 Å². The fourth-order valence-electron chi connectivity index (χ4n) is 6.21. The first-order valence-corrected chi connectivity index (χ1v) is 11.6. The fourth-order valence-corrected chi connectivity index (χ4v) is 6.21. The van der Waals surface area contributed by atoms with Crippen LogP contribution in [0.1, 0.15) is 34.7 Å². The quantitative estimate of drug-likeness (QED) is 0.582. The average Bonchev–Trinajstić information content (AvgIpc) is 3.42. The van der Waals surface area contributed by atoms with Gasteiger partial charge in [0.05, 0.1) is 17.8 Å². The highest BCUT2D eigenvalue weighted by atomic mass is 16.2. The second-order valence-electron chi connectivity index (χ2n) is 9.89. The van der Waals surface area contributed by atoms with Crippen LogP contribution in [0.15, 0.2) is 42.5 Å². The second-order valence-corrected chi connectivity index (χ2v) is 9.89. The summed E-state index contributed by atoms with van der Waals surface area (Å²) in [5.41, 5.74) is 6.52. The van der Waals surface area contributed by atoms with E-state index in [1.54, 1.807) is 11.9 Å². The molecule has 4 heterocycles. The van der Waals surface area contributed by atoms with Gasteiger partial charge in [0, 0.05) is 61.1 Å². The number of imide groups is 1. The van der Waals surface area contributed by atoms with Crippen LogP contribution < -0.4 is 15.5 Å². The number of carbonyl (C=O) groups excluding carboxylic acids is 3. The van der Waals surface area contributed by atoms with Crippen molar-refractivity contribution in [3.8, 4) is 0 Å². The molecule has 3 aromatic rings. The smallest absolute Gasteiger partial charge is 0.324 e. The van der Waals surface area contributed by atoms with Crippen molar-refractivity contribution in [2.45, 2.75) is 37.3 Å². The Hall–Kier alpha value is -3.94. The summed E-state index contributed by atoms with van der Waals surface area (Å²) in [5, 5.41) is 6.48. The first-order chi connectivity index (χ1) is 16.4. The summed E-state index contributed by atoms with van der Waals surface area (Å²) in [5.74, 6) is 0.0771. The largest absolute Gasteiger partial charge is 0.365 e. The molecular weight excluding hydrogens is 430 g/mol. The Morgan fingerprint density at radius 3 is 2.68 bits per heavy atom. The zero-order valence-electron chi connectivity index (χ0n) is 18.7. The number of likely N-dealkylation sites (N-methyl/N-ethyl adjacent to an activating group) is 1. The number of nitrogens with zero attached hydrogens (tertiary/aromatic N) is 3. The van der Waals surface area contributed by atoms with Gasteiger partial charge in [-0.05, 0) is 41.5 Å². The summed E-state index contributed by atoms with van der Waals surface area (Å²) in [6.45, 7) is 1.47. The number of pyridine rings is 1. The van der Waals surface area contributed by atoms with Crippen LogP contribution in [0.5, 0.6) is 0 Å². The summed E-state index contributed by atoms with van der Waals surface area (Å²) >= 11 is 0. The molecule has 1 fully saturated rings. The topological polar surface area (TPSA) is 94.6 Å². The molecule has 2 atom stereocenters. The number of fused-ring (bicyclic) bond motifs is 2. The van der Waals surface area contributed by atoms with Crippen molar-refractivity contribution in [2.24, 2.45) is 0 Å². The molecule has 0 bridgehead atoms. The number of aromatic nitrogens is 1. The van der Waals surface area contributed by atoms with E-state index in [0.717, 1.165) is 40.0 Å². The third-order valence-corrected chi connectivity index (χ3v) is 7.96. The van der Waals surface area contributed by atoms with Crippen molar-refractivity contribution in [3.63, 3.8) is 0 Å². The monoisotopic (exact) mass is 453 g/mol. The Kier molecular flexibility index (Phi) is 3.77. The van der Waals surface area contributed by atoms with Gasteiger partial charge in [0.1, 0.15) is 5.54 Å². The van der Waals surface area contributed by atoms with E-state index < -0.39 is 5.54 Å². The number of anilines is 2. The molecule has 0 saturated carbocycles. The van der Waals surface area contributed by atoms with Gasteiger partial charge in [0.15, 0.2) is 0 Å². The molecule has 0 radical (unpaired) electrons. The molecule has 4 amide bonds. The van der Waals surface area contributed by atoms with Crippen LogP contribution in [0.25, 0.3) is 10.9 Å². The lowest BCUT2D eigenvalue weighted by atomic mass is 9.92. The molecule has 7 rings (SSSR count). The van der Waals surface area contributed by atoms with Gasteiger partial charge in [-0.25, -0.2) is 4.79 Å². The van der Waals surface area contributed by atoms with Gasteiger partial charge in [-0.2, -0.15) is 0 Å². The molecule has 8 heteroatoms. The first-order valence-electron chi connectivity index (χ1n) is 11.6. The minimum atomic E-state index is -0.830. The molecule has 4 aliphatic rings. The fraction of sp³-hybridized carbons (Fsp3) is 0.308. The maximum atomic E-state index is 12.6. The Morgan fingerprint density at radius 1 is 1.06 bits per heavy atom. The number of hydrogen-bond donors (Lipinski definition) is 2. The molecule has 2 aromatic carbocycles. The number of urea groups is 1. The van der Waals surface area contributed by atoms with Gasteiger partial charge in [0.25, 0.3) is 5.91 Å². The minimum absolute atomic E-state index is 0.0789. The lowest BCUT2D eigenvalue weighted by molar-refractivity contribution is -0.125. The molecule has 2 N–H and O–H groups in total. The normalized spacial score (nSPS) is 24.6. The van der Waals surface area contributed by atoms with E-state index in [2.05, 4.69) is 45.9 Å². The highest BCUT2D eigenvalue weighted by Crippen LogP contribution is 2.45. The van der Waals surface area contributed by atoms with Crippen LogP contribution >= 0.6 is 0 Å². The lowest BCUT2D eigenvalue weighted by Crippen LogP contribution is -2.48. The highest BCUT2D eigenvalue weighted by molar-refractivity contribution is 6.08. The summed E-state index contributed by atoms with van der Waals surface area (Å²) in [4.78, 5) is 45.6. The number of amides is 4. The van der Waals surface area contributed by atoms with E-state index in [-0.39, 0.29) is 23.8 Å². The Morgan fingerprint density at radius 2 is 1.88 bits per heavy atom. The van der Waals surface area contributed by atoms with Crippen LogP contribution in [0.2, 0.25) is 0 Å². The van der Waals surface area contributed by atoms with Gasteiger partial charge >= 0.3 is 6.03 Å². The van der Waals surface area contributed by atoms with E-state index >= 15 is 0 Å². The van der Waals surface area contributed by atoms with E-state index in [9.17, 15) is 14.4 Å². The van der Waals surface area contributed by atoms with E-state index in [4.69, 9.17) is 4.98 Å². The Bertz CT molecular complexity index is 1450. The predicted octanol–water partition coefficient (Wildman–Crippen LogP) is 2.70. The first kappa shape index (κ1) is 19.5. The SMILES string of the molecule is CN1C(=O)NC(=O)C12Cc1cc3ccc(CN4CC5CC(=O)Nc6cccc4c65)nc3cc1C2. The minimum Gasteiger partial charge on any atom is -0.365 e. The number of carbonyl (C=O) groups is 3. The second kappa shape index (κ2) is 6.56. The van der Waals surface area contributed by atoms with Crippen molar-refractivity contribution in [2.75, 3.05) is 23.8 Å². The third kappa shape index (κ3) is 2.59. The van der Waals surface area contributed by atoms with E-state index in [1.165, 1.54) is 11.3 Å².